The zero-order valence-electron chi connectivity index (χ0n) is 22.7. The summed E-state index contributed by atoms with van der Waals surface area (Å²) in [5, 5.41) is 0.409. The first-order valence-electron chi connectivity index (χ1n) is 13.0. The Morgan fingerprint density at radius 1 is 1.11 bits per heavy atom. The van der Waals surface area contributed by atoms with E-state index in [1.54, 1.807) is 22.8 Å². The molecule has 1 aromatic carbocycles. The van der Waals surface area contributed by atoms with E-state index in [1.165, 1.54) is 11.4 Å². The second-order valence-corrected chi connectivity index (χ2v) is 11.7. The van der Waals surface area contributed by atoms with E-state index in [9.17, 15) is 18.0 Å². The van der Waals surface area contributed by atoms with Gasteiger partial charge < -0.3 is 19.4 Å². The van der Waals surface area contributed by atoms with Gasteiger partial charge in [-0.25, -0.2) is 13.2 Å². The van der Waals surface area contributed by atoms with Crippen LogP contribution in [0.2, 0.25) is 0 Å². The number of hydrogen-bond donors (Lipinski definition) is 1. The highest BCUT2D eigenvalue weighted by molar-refractivity contribution is 7.89. The second-order valence-electron chi connectivity index (χ2n) is 9.76. The summed E-state index contributed by atoms with van der Waals surface area (Å²) in [6.45, 7) is 6.46. The van der Waals surface area contributed by atoms with Crippen LogP contribution in [0.5, 0.6) is 5.75 Å². The third kappa shape index (κ3) is 5.18. The first kappa shape index (κ1) is 28.1. The monoisotopic (exact) mass is 547 g/mol. The van der Waals surface area contributed by atoms with Crippen molar-refractivity contribution < 1.29 is 17.9 Å². The lowest BCUT2D eigenvalue weighted by molar-refractivity contribution is 0.0730. The van der Waals surface area contributed by atoms with Gasteiger partial charge in [0.1, 0.15) is 11.4 Å². The summed E-state index contributed by atoms with van der Waals surface area (Å²) in [5.74, 6) is 0.501. The number of nitrogens with one attached hydrogen (secondary N) is 1. The molecule has 208 valence electrons. The molecule has 1 N–H and O–H groups in total. The van der Waals surface area contributed by atoms with Gasteiger partial charge in [0.05, 0.1) is 35.8 Å². The van der Waals surface area contributed by atoms with Crippen LogP contribution in [0.15, 0.2) is 32.7 Å². The number of nitrogens with zero attached hydrogens (tertiary/aromatic N) is 4. The highest BCUT2D eigenvalue weighted by Gasteiger charge is 2.29. The Labute approximate surface area is 222 Å². The summed E-state index contributed by atoms with van der Waals surface area (Å²) in [6, 6.07) is 4.83. The van der Waals surface area contributed by atoms with E-state index in [4.69, 9.17) is 9.47 Å². The number of aromatic nitrogens is 3. The van der Waals surface area contributed by atoms with E-state index in [0.29, 0.717) is 72.9 Å². The molecule has 0 spiro atoms. The van der Waals surface area contributed by atoms with Crippen LogP contribution in [0.3, 0.4) is 0 Å². The van der Waals surface area contributed by atoms with E-state index < -0.39 is 21.3 Å². The number of aryl methyl sites for hydroxylation is 1. The summed E-state index contributed by atoms with van der Waals surface area (Å²) >= 11 is 0. The zero-order chi connectivity index (χ0) is 27.6. The van der Waals surface area contributed by atoms with E-state index >= 15 is 0 Å². The smallest absolute Gasteiger partial charge is 0.332 e. The third-order valence-electron chi connectivity index (χ3n) is 6.60. The van der Waals surface area contributed by atoms with E-state index in [-0.39, 0.29) is 18.0 Å². The Morgan fingerprint density at radius 3 is 2.45 bits per heavy atom. The number of benzene rings is 1. The van der Waals surface area contributed by atoms with Crippen LogP contribution in [-0.2, 0) is 34.9 Å². The maximum Gasteiger partial charge on any atom is 0.332 e. The number of sulfonamides is 1. The number of H-pyrrole nitrogens is 1. The van der Waals surface area contributed by atoms with Crippen LogP contribution in [0.4, 0.5) is 0 Å². The van der Waals surface area contributed by atoms with E-state index in [1.807, 2.05) is 32.8 Å². The highest BCUT2D eigenvalue weighted by atomic mass is 32.2. The molecule has 0 radical (unpaired) electrons. The predicted molar refractivity (Wildman–Crippen MR) is 146 cm³/mol. The summed E-state index contributed by atoms with van der Waals surface area (Å²) < 4.78 is 42.6. The highest BCUT2D eigenvalue weighted by Crippen LogP contribution is 2.37. The lowest BCUT2D eigenvalue weighted by atomic mass is 10.0. The number of rotatable bonds is 10. The van der Waals surface area contributed by atoms with Gasteiger partial charge in [-0.15, -0.1) is 0 Å². The molecule has 1 saturated heterocycles. The molecule has 4 rings (SSSR count). The minimum absolute atomic E-state index is 0.131. The van der Waals surface area contributed by atoms with Gasteiger partial charge in [-0.1, -0.05) is 13.8 Å². The molecule has 0 bridgehead atoms. The third-order valence-corrected chi connectivity index (χ3v) is 8.50. The van der Waals surface area contributed by atoms with Gasteiger partial charge in [0.2, 0.25) is 10.0 Å². The van der Waals surface area contributed by atoms with E-state index in [0.717, 1.165) is 11.0 Å². The van der Waals surface area contributed by atoms with Gasteiger partial charge in [-0.3, -0.25) is 13.9 Å². The standard InChI is InChI=1S/C26H37N5O6S/c1-6-10-31-24-22(25(32)29(5)26(31)33)20(17-28(3)4)23(27-24)19-16-18(8-9-21(19)37-13-7-2)38(34,35)30-11-14-36-15-12-30/h8-9,16,27H,6-7,10-15,17H2,1-5H3. The number of aromatic amines is 1. The van der Waals surface area contributed by atoms with Crippen molar-refractivity contribution in [1.29, 1.82) is 0 Å². The summed E-state index contributed by atoms with van der Waals surface area (Å²) in [6.07, 6.45) is 1.46. The molecule has 2 aromatic heterocycles. The van der Waals surface area contributed by atoms with Crippen molar-refractivity contribution in [3.05, 3.63) is 44.6 Å². The topological polar surface area (TPSA) is 119 Å². The molecule has 3 aromatic rings. The number of fused-ring (bicyclic) bond motifs is 1. The minimum atomic E-state index is -3.78. The number of hydrogen-bond acceptors (Lipinski definition) is 7. The largest absolute Gasteiger partial charge is 0.493 e. The van der Waals surface area contributed by atoms with Crippen molar-refractivity contribution in [3.63, 3.8) is 0 Å². The molecule has 1 fully saturated rings. The first-order valence-corrected chi connectivity index (χ1v) is 14.4. The van der Waals surface area contributed by atoms with Gasteiger partial charge in [0, 0.05) is 44.4 Å². The molecule has 0 aliphatic carbocycles. The quantitative estimate of drug-likeness (QED) is 0.412. The fourth-order valence-electron chi connectivity index (χ4n) is 4.76. The van der Waals surface area contributed by atoms with Crippen LogP contribution in [0.1, 0.15) is 32.3 Å². The van der Waals surface area contributed by atoms with Crippen LogP contribution in [0.25, 0.3) is 22.3 Å². The van der Waals surface area contributed by atoms with Crippen molar-refractivity contribution in [2.24, 2.45) is 7.05 Å². The Hall–Kier alpha value is -2.93. The first-order chi connectivity index (χ1) is 18.1. The number of morpholine rings is 1. The molecule has 38 heavy (non-hydrogen) atoms. The maximum atomic E-state index is 13.5. The second kappa shape index (κ2) is 11.4. The van der Waals surface area contributed by atoms with Gasteiger partial charge >= 0.3 is 5.69 Å². The molecule has 0 atom stereocenters. The molecular weight excluding hydrogens is 510 g/mol. The summed E-state index contributed by atoms with van der Waals surface area (Å²) in [7, 11) is 1.48. The van der Waals surface area contributed by atoms with Crippen LogP contribution < -0.4 is 16.0 Å². The van der Waals surface area contributed by atoms with E-state index in [2.05, 4.69) is 4.98 Å². The van der Waals surface area contributed by atoms with Crippen molar-refractivity contribution >= 4 is 21.1 Å². The average molecular weight is 548 g/mol. The molecular formula is C26H37N5O6S. The van der Waals surface area contributed by atoms with Gasteiger partial charge in [0.25, 0.3) is 5.56 Å². The normalized spacial score (nSPS) is 15.0. The molecule has 0 amide bonds. The van der Waals surface area contributed by atoms with Gasteiger partial charge in [-0.2, -0.15) is 4.31 Å². The SMILES string of the molecule is CCCOc1ccc(S(=O)(=O)N2CCOCC2)cc1-c1[nH]c2c(c1CN(C)C)c(=O)n(C)c(=O)n2CCC. The van der Waals surface area contributed by atoms with Crippen molar-refractivity contribution in [3.8, 4) is 17.0 Å². The summed E-state index contributed by atoms with van der Waals surface area (Å²) in [4.78, 5) is 31.8. The minimum Gasteiger partial charge on any atom is -0.493 e. The van der Waals surface area contributed by atoms with Crippen molar-refractivity contribution in [1.82, 2.24) is 23.3 Å². The van der Waals surface area contributed by atoms with Crippen molar-refractivity contribution in [2.45, 2.75) is 44.7 Å². The summed E-state index contributed by atoms with van der Waals surface area (Å²) in [5.41, 5.74) is 1.39. The van der Waals surface area contributed by atoms with Crippen molar-refractivity contribution in [2.75, 3.05) is 47.0 Å². The zero-order valence-corrected chi connectivity index (χ0v) is 23.6. The molecule has 0 saturated carbocycles. The molecule has 1 aliphatic heterocycles. The van der Waals surface area contributed by atoms with Gasteiger partial charge in [0.15, 0.2) is 0 Å². The van der Waals surface area contributed by atoms with Crippen LogP contribution in [-0.4, -0.2) is 78.7 Å². The molecule has 11 nitrogen and oxygen atoms in total. The Bertz CT molecular complexity index is 1530. The van der Waals surface area contributed by atoms with Crippen LogP contribution >= 0.6 is 0 Å². The fraction of sp³-hybridized carbons (Fsp3) is 0.538. The average Bonchev–Trinajstić information content (AvgIpc) is 3.27. The Kier molecular flexibility index (Phi) is 8.46. The predicted octanol–water partition coefficient (Wildman–Crippen LogP) is 1.98. The molecule has 12 heteroatoms. The maximum absolute atomic E-state index is 13.5. The Balaban J connectivity index is 2.03. The molecule has 1 aliphatic rings. The molecule has 0 unspecified atom stereocenters. The molecule has 3 heterocycles. The number of ether oxygens (including phenoxy) is 2. The van der Waals surface area contributed by atoms with Gasteiger partial charge in [-0.05, 0) is 45.1 Å². The lowest BCUT2D eigenvalue weighted by Gasteiger charge is -2.26. The fourth-order valence-corrected chi connectivity index (χ4v) is 6.20. The lowest BCUT2D eigenvalue weighted by Crippen LogP contribution is -2.40. The Morgan fingerprint density at radius 2 is 1.82 bits per heavy atom. The van der Waals surface area contributed by atoms with Crippen LogP contribution in [0, 0.1) is 0 Å².